The standard InChI is InChI=1S/C5H9NO3.H2O/c7-5(8)4-2-1-3-6(4)9;/h4,9H,1-3H2,(H,7,8);1H2. The van der Waals surface area contributed by atoms with Crippen LogP contribution in [-0.4, -0.2) is 39.4 Å². The highest BCUT2D eigenvalue weighted by Crippen LogP contribution is 2.13. The van der Waals surface area contributed by atoms with E-state index in [0.29, 0.717) is 13.0 Å². The summed E-state index contributed by atoms with van der Waals surface area (Å²) >= 11 is 0. The van der Waals surface area contributed by atoms with Crippen molar-refractivity contribution in [2.45, 2.75) is 18.9 Å². The lowest BCUT2D eigenvalue weighted by Crippen LogP contribution is -2.32. The van der Waals surface area contributed by atoms with Gasteiger partial charge in [0, 0.05) is 6.54 Å². The second-order valence-electron chi connectivity index (χ2n) is 2.16. The highest BCUT2D eigenvalue weighted by Gasteiger charge is 2.28. The van der Waals surface area contributed by atoms with Crippen LogP contribution >= 0.6 is 0 Å². The third-order valence-electron chi connectivity index (χ3n) is 1.51. The third-order valence-corrected chi connectivity index (χ3v) is 1.51. The first-order chi connectivity index (χ1) is 4.22. The molecule has 1 saturated heterocycles. The summed E-state index contributed by atoms with van der Waals surface area (Å²) in [7, 11) is 0. The van der Waals surface area contributed by atoms with Crippen LogP contribution in [0.3, 0.4) is 0 Å². The molecule has 1 rings (SSSR count). The van der Waals surface area contributed by atoms with Crippen molar-refractivity contribution in [3.8, 4) is 0 Å². The van der Waals surface area contributed by atoms with E-state index in [-0.39, 0.29) is 5.48 Å². The molecule has 0 saturated carbocycles. The molecule has 0 radical (unpaired) electrons. The Morgan fingerprint density at radius 3 is 2.40 bits per heavy atom. The monoisotopic (exact) mass is 149 g/mol. The maximum Gasteiger partial charge on any atom is 0.323 e. The summed E-state index contributed by atoms with van der Waals surface area (Å²) < 4.78 is 0. The van der Waals surface area contributed by atoms with Gasteiger partial charge in [0.15, 0.2) is 0 Å². The summed E-state index contributed by atoms with van der Waals surface area (Å²) in [5, 5.41) is 18.1. The lowest BCUT2D eigenvalue weighted by Gasteiger charge is -2.11. The molecule has 60 valence electrons. The zero-order valence-electron chi connectivity index (χ0n) is 5.45. The van der Waals surface area contributed by atoms with E-state index in [2.05, 4.69) is 0 Å². The summed E-state index contributed by atoms with van der Waals surface area (Å²) in [4.78, 5) is 10.2. The van der Waals surface area contributed by atoms with E-state index < -0.39 is 12.0 Å². The van der Waals surface area contributed by atoms with Crippen molar-refractivity contribution in [2.75, 3.05) is 6.54 Å². The van der Waals surface area contributed by atoms with E-state index in [1.807, 2.05) is 0 Å². The van der Waals surface area contributed by atoms with Crippen molar-refractivity contribution >= 4 is 5.97 Å². The zero-order chi connectivity index (χ0) is 6.85. The van der Waals surface area contributed by atoms with E-state index in [1.54, 1.807) is 0 Å². The van der Waals surface area contributed by atoms with E-state index in [4.69, 9.17) is 10.3 Å². The molecular weight excluding hydrogens is 138 g/mol. The maximum absolute atomic E-state index is 10.2. The molecule has 10 heavy (non-hydrogen) atoms. The summed E-state index contributed by atoms with van der Waals surface area (Å²) in [6.45, 7) is 0.483. The lowest BCUT2D eigenvalue weighted by atomic mass is 10.2. The predicted octanol–water partition coefficient (Wildman–Crippen LogP) is -0.900. The van der Waals surface area contributed by atoms with Crippen LogP contribution in [0.5, 0.6) is 0 Å². The smallest absolute Gasteiger partial charge is 0.323 e. The van der Waals surface area contributed by atoms with Crippen LogP contribution in [-0.2, 0) is 4.79 Å². The van der Waals surface area contributed by atoms with E-state index >= 15 is 0 Å². The SMILES string of the molecule is O.O=C(O)C1CCCN1O. The lowest BCUT2D eigenvalue weighted by molar-refractivity contribution is -0.160. The van der Waals surface area contributed by atoms with Crippen LogP contribution in [0, 0.1) is 0 Å². The van der Waals surface area contributed by atoms with Crippen LogP contribution in [0.1, 0.15) is 12.8 Å². The van der Waals surface area contributed by atoms with Crippen molar-refractivity contribution in [1.82, 2.24) is 5.06 Å². The Labute approximate surface area is 58.1 Å². The molecular formula is C5H11NO4. The Morgan fingerprint density at radius 2 is 2.20 bits per heavy atom. The number of hydrogen-bond donors (Lipinski definition) is 2. The average Bonchev–Trinajstić information content (AvgIpc) is 2.13. The highest BCUT2D eigenvalue weighted by molar-refractivity contribution is 5.73. The van der Waals surface area contributed by atoms with Gasteiger partial charge in [-0.15, -0.1) is 0 Å². The molecule has 5 heteroatoms. The molecule has 0 aliphatic carbocycles. The normalized spacial score (nSPS) is 25.9. The second-order valence-corrected chi connectivity index (χ2v) is 2.16. The third kappa shape index (κ3) is 1.66. The summed E-state index contributed by atoms with van der Waals surface area (Å²) in [6, 6.07) is -0.662. The van der Waals surface area contributed by atoms with Crippen LogP contribution in [0.2, 0.25) is 0 Å². The van der Waals surface area contributed by atoms with Crippen LogP contribution in [0.25, 0.3) is 0 Å². The number of aliphatic carboxylic acids is 1. The fourth-order valence-electron chi connectivity index (χ4n) is 1.00. The summed E-state index contributed by atoms with van der Waals surface area (Å²) in [5.41, 5.74) is 0. The Hall–Kier alpha value is -0.650. The van der Waals surface area contributed by atoms with Gasteiger partial charge in [0.05, 0.1) is 0 Å². The van der Waals surface area contributed by atoms with Gasteiger partial charge in [-0.1, -0.05) is 0 Å². The largest absolute Gasteiger partial charge is 0.480 e. The minimum atomic E-state index is -0.935. The Kier molecular flexibility index (Phi) is 3.27. The summed E-state index contributed by atoms with van der Waals surface area (Å²) in [5.74, 6) is -0.935. The topological polar surface area (TPSA) is 92.3 Å². The molecule has 0 spiro atoms. The van der Waals surface area contributed by atoms with Gasteiger partial charge in [-0.3, -0.25) is 4.79 Å². The molecule has 4 N–H and O–H groups in total. The van der Waals surface area contributed by atoms with Gasteiger partial charge < -0.3 is 15.8 Å². The first kappa shape index (κ1) is 9.35. The number of rotatable bonds is 1. The van der Waals surface area contributed by atoms with Gasteiger partial charge in [0.25, 0.3) is 0 Å². The molecule has 0 aromatic heterocycles. The molecule has 1 atom stereocenters. The van der Waals surface area contributed by atoms with Gasteiger partial charge >= 0.3 is 5.97 Å². The quantitative estimate of drug-likeness (QED) is 0.505. The molecule has 0 aromatic rings. The molecule has 0 aromatic carbocycles. The molecule has 1 aliphatic rings. The zero-order valence-corrected chi connectivity index (χ0v) is 5.45. The molecule has 1 fully saturated rings. The number of carboxylic acid groups (broad SMARTS) is 1. The number of nitrogens with zero attached hydrogens (tertiary/aromatic N) is 1. The van der Waals surface area contributed by atoms with Crippen LogP contribution < -0.4 is 0 Å². The maximum atomic E-state index is 10.2. The minimum absolute atomic E-state index is 0. The van der Waals surface area contributed by atoms with Crippen molar-refractivity contribution in [3.63, 3.8) is 0 Å². The van der Waals surface area contributed by atoms with Crippen LogP contribution in [0.15, 0.2) is 0 Å². The van der Waals surface area contributed by atoms with Gasteiger partial charge in [-0.05, 0) is 12.8 Å². The van der Waals surface area contributed by atoms with Crippen molar-refractivity contribution in [2.24, 2.45) is 0 Å². The first-order valence-electron chi connectivity index (χ1n) is 2.90. The predicted molar refractivity (Wildman–Crippen MR) is 32.8 cm³/mol. The number of hydrogen-bond acceptors (Lipinski definition) is 3. The van der Waals surface area contributed by atoms with Gasteiger partial charge in [-0.25, -0.2) is 0 Å². The van der Waals surface area contributed by atoms with Crippen molar-refractivity contribution < 1.29 is 20.6 Å². The molecule has 1 aliphatic heterocycles. The number of carbonyl (C=O) groups is 1. The average molecular weight is 149 g/mol. The number of hydroxylamine groups is 2. The fraction of sp³-hybridized carbons (Fsp3) is 0.800. The Morgan fingerprint density at radius 1 is 1.60 bits per heavy atom. The summed E-state index contributed by atoms with van der Waals surface area (Å²) in [6.07, 6.45) is 1.33. The van der Waals surface area contributed by atoms with Gasteiger partial charge in [0.2, 0.25) is 0 Å². The van der Waals surface area contributed by atoms with Gasteiger partial charge in [-0.2, -0.15) is 5.06 Å². The van der Waals surface area contributed by atoms with Crippen molar-refractivity contribution in [3.05, 3.63) is 0 Å². The van der Waals surface area contributed by atoms with Crippen LogP contribution in [0.4, 0.5) is 0 Å². The molecule has 1 heterocycles. The second kappa shape index (κ2) is 3.50. The molecule has 5 nitrogen and oxygen atoms in total. The number of carboxylic acids is 1. The molecule has 0 amide bonds. The Balaban J connectivity index is 0.000000810. The fourth-order valence-corrected chi connectivity index (χ4v) is 1.00. The van der Waals surface area contributed by atoms with Crippen molar-refractivity contribution in [1.29, 1.82) is 0 Å². The van der Waals surface area contributed by atoms with Gasteiger partial charge in [0.1, 0.15) is 6.04 Å². The minimum Gasteiger partial charge on any atom is -0.480 e. The van der Waals surface area contributed by atoms with E-state index in [9.17, 15) is 4.79 Å². The highest BCUT2D eigenvalue weighted by atomic mass is 16.5. The van der Waals surface area contributed by atoms with E-state index in [1.165, 1.54) is 0 Å². The first-order valence-corrected chi connectivity index (χ1v) is 2.90. The molecule has 0 bridgehead atoms. The van der Waals surface area contributed by atoms with E-state index in [0.717, 1.165) is 11.5 Å². The molecule has 1 unspecified atom stereocenters. The Bertz CT molecular complexity index is 127.